The van der Waals surface area contributed by atoms with Crippen LogP contribution in [0.1, 0.15) is 22.5 Å². The van der Waals surface area contributed by atoms with Crippen LogP contribution in [0.5, 0.6) is 0 Å². The summed E-state index contributed by atoms with van der Waals surface area (Å²) in [5, 5.41) is 0.942. The van der Waals surface area contributed by atoms with Crippen LogP contribution in [0, 0.1) is 0 Å². The lowest BCUT2D eigenvalue weighted by Crippen LogP contribution is -2.40. The van der Waals surface area contributed by atoms with Gasteiger partial charge in [0.05, 0.1) is 11.8 Å². The second-order valence-electron chi connectivity index (χ2n) is 5.19. The van der Waals surface area contributed by atoms with Crippen molar-refractivity contribution < 1.29 is 9.53 Å². The van der Waals surface area contributed by atoms with Gasteiger partial charge in [-0.15, -0.1) is 11.3 Å². The number of piperidine rings is 1. The molecule has 1 saturated heterocycles. The van der Waals surface area contributed by atoms with Crippen LogP contribution in [-0.2, 0) is 4.74 Å². The number of thiophene rings is 1. The van der Waals surface area contributed by atoms with Crippen molar-refractivity contribution in [3.8, 4) is 0 Å². The highest BCUT2D eigenvalue weighted by atomic mass is 79.9. The summed E-state index contributed by atoms with van der Waals surface area (Å²) in [5.74, 6) is 0.0372. The van der Waals surface area contributed by atoms with E-state index in [4.69, 9.17) is 10.5 Å². The molecule has 2 heterocycles. The zero-order chi connectivity index (χ0) is 15.0. The van der Waals surface area contributed by atoms with Crippen molar-refractivity contribution in [2.75, 3.05) is 25.9 Å². The number of likely N-dealkylation sites (tertiary alicyclic amines) is 1. The fraction of sp³-hybridized carbons (Fsp3) is 0.400. The standard InChI is InChI=1S/C15H17BrN2O2S/c1-20-9-5-7-18(8-6-9)15(19)14-13(17)12-10(16)3-2-4-11(12)21-14/h2-4,9H,5-8,17H2,1H3. The molecule has 0 bridgehead atoms. The van der Waals surface area contributed by atoms with Gasteiger partial charge in [0.15, 0.2) is 0 Å². The zero-order valence-corrected chi connectivity index (χ0v) is 14.2. The van der Waals surface area contributed by atoms with Crippen LogP contribution in [0.2, 0.25) is 0 Å². The van der Waals surface area contributed by atoms with Gasteiger partial charge in [0.25, 0.3) is 5.91 Å². The Labute approximate surface area is 136 Å². The SMILES string of the molecule is COC1CCN(C(=O)c2sc3cccc(Br)c3c2N)CC1. The van der Waals surface area contributed by atoms with E-state index in [9.17, 15) is 4.79 Å². The third-order valence-corrected chi connectivity index (χ3v) is 5.78. The molecule has 1 aromatic carbocycles. The van der Waals surface area contributed by atoms with Crippen molar-refractivity contribution in [3.63, 3.8) is 0 Å². The molecule has 6 heteroatoms. The third-order valence-electron chi connectivity index (χ3n) is 3.96. The van der Waals surface area contributed by atoms with Crippen molar-refractivity contribution >= 4 is 48.9 Å². The topological polar surface area (TPSA) is 55.6 Å². The summed E-state index contributed by atoms with van der Waals surface area (Å²) in [6, 6.07) is 5.90. The average molecular weight is 369 g/mol. The Morgan fingerprint density at radius 3 is 2.76 bits per heavy atom. The molecule has 1 aliphatic heterocycles. The lowest BCUT2D eigenvalue weighted by Gasteiger charge is -2.31. The van der Waals surface area contributed by atoms with Crippen LogP contribution >= 0.6 is 27.3 Å². The minimum atomic E-state index is 0.0372. The highest BCUT2D eigenvalue weighted by Gasteiger charge is 2.26. The number of nitrogens with zero attached hydrogens (tertiary/aromatic N) is 1. The van der Waals surface area contributed by atoms with Crippen LogP contribution in [-0.4, -0.2) is 37.1 Å². The summed E-state index contributed by atoms with van der Waals surface area (Å²) in [6.45, 7) is 1.46. The highest BCUT2D eigenvalue weighted by Crippen LogP contribution is 2.39. The predicted octanol–water partition coefficient (Wildman–Crippen LogP) is 3.50. The molecule has 4 nitrogen and oxygen atoms in total. The molecular weight excluding hydrogens is 352 g/mol. The molecule has 0 spiro atoms. The van der Waals surface area contributed by atoms with Gasteiger partial charge in [-0.2, -0.15) is 0 Å². The minimum absolute atomic E-state index is 0.0372. The number of nitrogens with two attached hydrogens (primary N) is 1. The molecule has 112 valence electrons. The van der Waals surface area contributed by atoms with Gasteiger partial charge >= 0.3 is 0 Å². The number of benzene rings is 1. The number of halogens is 1. The van der Waals surface area contributed by atoms with Crippen molar-refractivity contribution in [3.05, 3.63) is 27.5 Å². The van der Waals surface area contributed by atoms with E-state index in [-0.39, 0.29) is 12.0 Å². The fourth-order valence-electron chi connectivity index (χ4n) is 2.73. The summed E-state index contributed by atoms with van der Waals surface area (Å²) in [7, 11) is 1.73. The van der Waals surface area contributed by atoms with Crippen LogP contribution in [0.15, 0.2) is 22.7 Å². The van der Waals surface area contributed by atoms with Crippen molar-refractivity contribution in [2.24, 2.45) is 0 Å². The first-order chi connectivity index (χ1) is 10.1. The summed E-state index contributed by atoms with van der Waals surface area (Å²) in [4.78, 5) is 15.2. The van der Waals surface area contributed by atoms with E-state index >= 15 is 0 Å². The molecule has 1 amide bonds. The maximum absolute atomic E-state index is 12.7. The van der Waals surface area contributed by atoms with E-state index in [1.165, 1.54) is 11.3 Å². The summed E-state index contributed by atoms with van der Waals surface area (Å²) in [5.41, 5.74) is 6.79. The molecule has 0 atom stereocenters. The van der Waals surface area contributed by atoms with Gasteiger partial charge in [0, 0.05) is 34.8 Å². The van der Waals surface area contributed by atoms with Crippen molar-refractivity contribution in [1.82, 2.24) is 4.90 Å². The molecule has 1 aromatic heterocycles. The minimum Gasteiger partial charge on any atom is -0.397 e. The van der Waals surface area contributed by atoms with E-state index < -0.39 is 0 Å². The number of nitrogen functional groups attached to an aromatic ring is 1. The monoisotopic (exact) mass is 368 g/mol. The fourth-order valence-corrected chi connectivity index (χ4v) is 4.55. The first kappa shape index (κ1) is 14.8. The Hall–Kier alpha value is -1.11. The maximum atomic E-state index is 12.7. The number of carbonyl (C=O) groups is 1. The van der Waals surface area contributed by atoms with Gasteiger partial charge in [-0.3, -0.25) is 4.79 Å². The number of hydrogen-bond donors (Lipinski definition) is 1. The van der Waals surface area contributed by atoms with Crippen molar-refractivity contribution in [2.45, 2.75) is 18.9 Å². The van der Waals surface area contributed by atoms with Gasteiger partial charge in [-0.05, 0) is 25.0 Å². The van der Waals surface area contributed by atoms with E-state index in [1.54, 1.807) is 7.11 Å². The Bertz CT molecular complexity index is 678. The molecule has 2 aromatic rings. The average Bonchev–Trinajstić information content (AvgIpc) is 2.85. The third kappa shape index (κ3) is 2.67. The van der Waals surface area contributed by atoms with Crippen molar-refractivity contribution in [1.29, 1.82) is 0 Å². The second-order valence-corrected chi connectivity index (χ2v) is 7.09. The molecule has 2 N–H and O–H groups in total. The number of hydrogen-bond acceptors (Lipinski definition) is 4. The molecule has 0 saturated carbocycles. The number of amides is 1. The van der Waals surface area contributed by atoms with E-state index in [2.05, 4.69) is 15.9 Å². The van der Waals surface area contributed by atoms with Crippen LogP contribution < -0.4 is 5.73 Å². The summed E-state index contributed by atoms with van der Waals surface area (Å²) < 4.78 is 7.32. The first-order valence-electron chi connectivity index (χ1n) is 6.90. The lowest BCUT2D eigenvalue weighted by molar-refractivity contribution is 0.0354. The van der Waals surface area contributed by atoms with Gasteiger partial charge in [0.1, 0.15) is 4.88 Å². The Morgan fingerprint density at radius 2 is 2.14 bits per heavy atom. The Balaban J connectivity index is 1.89. The number of anilines is 1. The number of fused-ring (bicyclic) bond motifs is 1. The smallest absolute Gasteiger partial charge is 0.266 e. The van der Waals surface area contributed by atoms with Gasteiger partial charge < -0.3 is 15.4 Å². The first-order valence-corrected chi connectivity index (χ1v) is 8.51. The van der Waals surface area contributed by atoms with E-state index in [1.807, 2.05) is 23.1 Å². The number of methoxy groups -OCH3 is 1. The quantitative estimate of drug-likeness (QED) is 0.882. The number of ether oxygens (including phenoxy) is 1. The molecule has 0 unspecified atom stereocenters. The van der Waals surface area contributed by atoms with Crippen LogP contribution in [0.4, 0.5) is 5.69 Å². The maximum Gasteiger partial charge on any atom is 0.266 e. The zero-order valence-electron chi connectivity index (χ0n) is 11.8. The highest BCUT2D eigenvalue weighted by molar-refractivity contribution is 9.10. The Kier molecular flexibility index (Phi) is 4.19. The van der Waals surface area contributed by atoms with E-state index in [0.717, 1.165) is 40.5 Å². The molecule has 1 aliphatic rings. The molecule has 0 aliphatic carbocycles. The van der Waals surface area contributed by atoms with Crippen LogP contribution in [0.3, 0.4) is 0 Å². The summed E-state index contributed by atoms with van der Waals surface area (Å²) in [6.07, 6.45) is 2.04. The molecule has 3 rings (SSSR count). The van der Waals surface area contributed by atoms with Crippen LogP contribution in [0.25, 0.3) is 10.1 Å². The summed E-state index contributed by atoms with van der Waals surface area (Å²) >= 11 is 4.98. The largest absolute Gasteiger partial charge is 0.397 e. The molecule has 21 heavy (non-hydrogen) atoms. The Morgan fingerprint density at radius 1 is 1.43 bits per heavy atom. The second kappa shape index (κ2) is 5.94. The van der Waals surface area contributed by atoms with E-state index in [0.29, 0.717) is 10.6 Å². The molecular formula is C15H17BrN2O2S. The number of rotatable bonds is 2. The lowest BCUT2D eigenvalue weighted by atomic mass is 10.1. The van der Waals surface area contributed by atoms with Gasteiger partial charge in [0.2, 0.25) is 0 Å². The predicted molar refractivity (Wildman–Crippen MR) is 89.9 cm³/mol. The molecule has 1 fully saturated rings. The van der Waals surface area contributed by atoms with Gasteiger partial charge in [-0.1, -0.05) is 22.0 Å². The molecule has 0 radical (unpaired) electrons. The normalized spacial score (nSPS) is 16.6. The van der Waals surface area contributed by atoms with Gasteiger partial charge in [-0.25, -0.2) is 0 Å². The number of carbonyl (C=O) groups excluding carboxylic acids is 1.